The Morgan fingerprint density at radius 1 is 0.893 bits per heavy atom. The van der Waals surface area contributed by atoms with Crippen LogP contribution in [0, 0.1) is 0 Å². The fourth-order valence-corrected chi connectivity index (χ4v) is 4.52. The van der Waals surface area contributed by atoms with Gasteiger partial charge in [0, 0.05) is 38.1 Å². The molecular formula is C22H33N5O. The first-order valence-electron chi connectivity index (χ1n) is 11.0. The van der Waals surface area contributed by atoms with Crippen LogP contribution >= 0.6 is 0 Å². The minimum Gasteiger partial charge on any atom is -0.335 e. The van der Waals surface area contributed by atoms with Crippen LogP contribution in [0.25, 0.3) is 10.9 Å². The third-order valence-corrected chi connectivity index (χ3v) is 6.14. The number of fused-ring (bicyclic) bond motifs is 1. The van der Waals surface area contributed by atoms with Crippen molar-refractivity contribution in [2.24, 2.45) is 0 Å². The van der Waals surface area contributed by atoms with Gasteiger partial charge in [-0.05, 0) is 45.0 Å². The molecule has 0 saturated carbocycles. The Morgan fingerprint density at radius 2 is 1.61 bits per heavy atom. The largest absolute Gasteiger partial charge is 0.335 e. The normalized spacial score (nSPS) is 19.4. The van der Waals surface area contributed by atoms with Crippen LogP contribution in [0.3, 0.4) is 0 Å². The molecule has 28 heavy (non-hydrogen) atoms. The number of hydrogen-bond donors (Lipinski definition) is 0. The molecule has 4 rings (SSSR count). The van der Waals surface area contributed by atoms with Crippen LogP contribution in [0.5, 0.6) is 0 Å². The zero-order chi connectivity index (χ0) is 19.3. The first-order chi connectivity index (χ1) is 13.8. The van der Waals surface area contributed by atoms with Crippen molar-refractivity contribution in [1.29, 1.82) is 0 Å². The number of amides is 1. The van der Waals surface area contributed by atoms with Gasteiger partial charge in [0.1, 0.15) is 0 Å². The lowest BCUT2D eigenvalue weighted by molar-refractivity contribution is 0.0632. The minimum absolute atomic E-state index is 0.0871. The van der Waals surface area contributed by atoms with E-state index in [1.165, 1.54) is 38.8 Å². The van der Waals surface area contributed by atoms with Crippen LogP contribution in [0.1, 0.15) is 43.1 Å². The Kier molecular flexibility index (Phi) is 6.27. The second kappa shape index (κ2) is 9.05. The van der Waals surface area contributed by atoms with Crippen LogP contribution < -0.4 is 0 Å². The highest BCUT2D eigenvalue weighted by atomic mass is 16.2. The van der Waals surface area contributed by atoms with Crippen molar-refractivity contribution in [2.75, 3.05) is 52.4 Å². The summed E-state index contributed by atoms with van der Waals surface area (Å²) in [6.45, 7) is 11.1. The Bertz CT molecular complexity index is 787. The van der Waals surface area contributed by atoms with Crippen molar-refractivity contribution in [2.45, 2.75) is 39.2 Å². The number of carbonyl (C=O) groups is 1. The zero-order valence-corrected chi connectivity index (χ0v) is 17.1. The number of benzene rings is 1. The lowest BCUT2D eigenvalue weighted by Gasteiger charge is -2.34. The topological polar surface area (TPSA) is 44.6 Å². The highest BCUT2D eigenvalue weighted by Gasteiger charge is 2.26. The third kappa shape index (κ3) is 4.23. The quantitative estimate of drug-likeness (QED) is 0.769. The first kappa shape index (κ1) is 19.4. The van der Waals surface area contributed by atoms with E-state index in [-0.39, 0.29) is 5.91 Å². The fourth-order valence-electron chi connectivity index (χ4n) is 4.52. The van der Waals surface area contributed by atoms with E-state index in [0.717, 1.165) is 56.7 Å². The maximum atomic E-state index is 13.2. The van der Waals surface area contributed by atoms with Crippen molar-refractivity contribution in [3.8, 4) is 0 Å². The molecule has 0 bridgehead atoms. The molecule has 6 nitrogen and oxygen atoms in total. The number of para-hydroxylation sites is 1. The van der Waals surface area contributed by atoms with Gasteiger partial charge in [0.25, 0.3) is 5.91 Å². The van der Waals surface area contributed by atoms with Crippen molar-refractivity contribution in [3.05, 3.63) is 30.0 Å². The summed E-state index contributed by atoms with van der Waals surface area (Å²) in [6, 6.07) is 8.18. The molecule has 2 aliphatic rings. The number of hydrogen-bond acceptors (Lipinski definition) is 4. The van der Waals surface area contributed by atoms with Crippen LogP contribution in [0.4, 0.5) is 0 Å². The van der Waals surface area contributed by atoms with Crippen LogP contribution in [-0.2, 0) is 6.54 Å². The summed E-state index contributed by atoms with van der Waals surface area (Å²) in [5, 5.41) is 5.78. The Balaban J connectivity index is 1.48. The average molecular weight is 384 g/mol. The molecule has 0 aliphatic carbocycles. The van der Waals surface area contributed by atoms with Crippen LogP contribution in [0.15, 0.2) is 24.3 Å². The SMILES string of the molecule is CCCN1CCN(C(=O)c2nn(CCN3CCCCC3)c3ccccc23)CC1. The summed E-state index contributed by atoms with van der Waals surface area (Å²) >= 11 is 0. The summed E-state index contributed by atoms with van der Waals surface area (Å²) in [5.74, 6) is 0.0871. The number of aromatic nitrogens is 2. The number of likely N-dealkylation sites (tertiary alicyclic amines) is 1. The maximum Gasteiger partial charge on any atom is 0.275 e. The molecule has 6 heteroatoms. The Labute approximate surface area is 168 Å². The van der Waals surface area contributed by atoms with Gasteiger partial charge in [-0.25, -0.2) is 0 Å². The molecule has 0 spiro atoms. The molecule has 2 fully saturated rings. The Hall–Kier alpha value is -1.92. The van der Waals surface area contributed by atoms with E-state index in [1.54, 1.807) is 0 Å². The van der Waals surface area contributed by atoms with E-state index in [2.05, 4.69) is 22.8 Å². The van der Waals surface area contributed by atoms with Crippen molar-refractivity contribution in [1.82, 2.24) is 24.5 Å². The molecule has 152 valence electrons. The molecule has 0 unspecified atom stereocenters. The summed E-state index contributed by atoms with van der Waals surface area (Å²) in [7, 11) is 0. The highest BCUT2D eigenvalue weighted by Crippen LogP contribution is 2.21. The van der Waals surface area contributed by atoms with E-state index < -0.39 is 0 Å². The number of carbonyl (C=O) groups excluding carboxylic acids is 1. The lowest BCUT2D eigenvalue weighted by Crippen LogP contribution is -2.48. The molecular weight excluding hydrogens is 350 g/mol. The standard InChI is InChI=1S/C22H33N5O/c1-2-10-24-13-16-26(17-14-24)22(28)21-19-8-4-5-9-20(19)27(23-21)18-15-25-11-6-3-7-12-25/h4-5,8-9H,2-3,6-7,10-18H2,1H3. The van der Waals surface area contributed by atoms with Crippen molar-refractivity contribution >= 4 is 16.8 Å². The monoisotopic (exact) mass is 383 g/mol. The second-order valence-corrected chi connectivity index (χ2v) is 8.13. The highest BCUT2D eigenvalue weighted by molar-refractivity contribution is 6.04. The van der Waals surface area contributed by atoms with Gasteiger partial charge in [0.15, 0.2) is 5.69 Å². The summed E-state index contributed by atoms with van der Waals surface area (Å²) < 4.78 is 2.05. The van der Waals surface area contributed by atoms with E-state index in [0.29, 0.717) is 5.69 Å². The summed E-state index contributed by atoms with van der Waals surface area (Å²) in [6.07, 6.45) is 5.12. The fraction of sp³-hybridized carbons (Fsp3) is 0.636. The zero-order valence-electron chi connectivity index (χ0n) is 17.1. The molecule has 0 atom stereocenters. The van der Waals surface area contributed by atoms with Gasteiger partial charge in [0.05, 0.1) is 12.1 Å². The van der Waals surface area contributed by atoms with Crippen molar-refractivity contribution < 1.29 is 4.79 Å². The molecule has 0 N–H and O–H groups in total. The van der Waals surface area contributed by atoms with E-state index in [9.17, 15) is 4.79 Å². The first-order valence-corrected chi connectivity index (χ1v) is 11.0. The number of piperidine rings is 1. The van der Waals surface area contributed by atoms with Crippen molar-refractivity contribution in [3.63, 3.8) is 0 Å². The van der Waals surface area contributed by atoms with E-state index in [1.807, 2.05) is 27.8 Å². The molecule has 2 aliphatic heterocycles. The molecule has 1 aromatic carbocycles. The van der Waals surface area contributed by atoms with E-state index >= 15 is 0 Å². The van der Waals surface area contributed by atoms with Gasteiger partial charge in [-0.3, -0.25) is 14.4 Å². The third-order valence-electron chi connectivity index (χ3n) is 6.14. The number of nitrogens with zero attached hydrogens (tertiary/aromatic N) is 5. The van der Waals surface area contributed by atoms with Crippen LogP contribution in [-0.4, -0.2) is 82.7 Å². The van der Waals surface area contributed by atoms with Gasteiger partial charge in [-0.1, -0.05) is 31.5 Å². The molecule has 1 amide bonds. The van der Waals surface area contributed by atoms with Gasteiger partial charge >= 0.3 is 0 Å². The minimum atomic E-state index is 0.0871. The lowest BCUT2D eigenvalue weighted by atomic mass is 10.1. The predicted octanol–water partition coefficient (Wildman–Crippen LogP) is 2.69. The smallest absolute Gasteiger partial charge is 0.275 e. The molecule has 0 radical (unpaired) electrons. The Morgan fingerprint density at radius 3 is 2.36 bits per heavy atom. The molecule has 3 heterocycles. The predicted molar refractivity (Wildman–Crippen MR) is 113 cm³/mol. The number of rotatable bonds is 6. The van der Waals surface area contributed by atoms with Gasteiger partial charge in [0.2, 0.25) is 0 Å². The summed E-state index contributed by atoms with van der Waals surface area (Å²) in [5.41, 5.74) is 1.70. The second-order valence-electron chi connectivity index (χ2n) is 8.13. The summed E-state index contributed by atoms with van der Waals surface area (Å²) in [4.78, 5) is 20.2. The average Bonchev–Trinajstić information content (AvgIpc) is 3.12. The molecule has 1 aromatic heterocycles. The van der Waals surface area contributed by atoms with Gasteiger partial charge < -0.3 is 9.80 Å². The maximum absolute atomic E-state index is 13.2. The van der Waals surface area contributed by atoms with Gasteiger partial charge in [-0.2, -0.15) is 5.10 Å². The van der Waals surface area contributed by atoms with Crippen LogP contribution in [0.2, 0.25) is 0 Å². The number of piperazine rings is 1. The van der Waals surface area contributed by atoms with E-state index in [4.69, 9.17) is 5.10 Å². The molecule has 2 aromatic rings. The van der Waals surface area contributed by atoms with Gasteiger partial charge in [-0.15, -0.1) is 0 Å². The molecule has 2 saturated heterocycles.